The minimum Gasteiger partial charge on any atom is -0.488 e. The lowest BCUT2D eigenvalue weighted by Gasteiger charge is -2.32. The van der Waals surface area contributed by atoms with Crippen molar-refractivity contribution in [3.63, 3.8) is 0 Å². The number of hydrogen-bond donors (Lipinski definition) is 1. The van der Waals surface area contributed by atoms with E-state index in [4.69, 9.17) is 15.2 Å². The van der Waals surface area contributed by atoms with Gasteiger partial charge in [-0.25, -0.2) is 0 Å². The largest absolute Gasteiger partial charge is 0.488 e. The van der Waals surface area contributed by atoms with Crippen molar-refractivity contribution in [1.82, 2.24) is 9.80 Å². The molecule has 2 N–H and O–H groups in total. The van der Waals surface area contributed by atoms with Gasteiger partial charge in [-0.3, -0.25) is 19.2 Å². The first-order chi connectivity index (χ1) is 16.8. The molecule has 0 radical (unpaired) electrons. The minimum atomic E-state index is -0.585. The molecule has 0 bridgehead atoms. The molecule has 1 aliphatic rings. The number of carbonyl (C=O) groups excluding carboxylic acids is 4. The average Bonchev–Trinajstić information content (AvgIpc) is 2.87. The molecule has 1 heterocycles. The molecule has 0 saturated carbocycles. The van der Waals surface area contributed by atoms with Gasteiger partial charge in [0.1, 0.15) is 12.4 Å². The van der Waals surface area contributed by atoms with Gasteiger partial charge in [0.2, 0.25) is 5.91 Å². The minimum absolute atomic E-state index is 0.0961. The first-order valence-corrected chi connectivity index (χ1v) is 11.6. The van der Waals surface area contributed by atoms with E-state index in [-0.39, 0.29) is 42.4 Å². The molecule has 1 saturated heterocycles. The number of ether oxygens (including phenoxy) is 2. The summed E-state index contributed by atoms with van der Waals surface area (Å²) in [6, 6.07) is 13.6. The monoisotopic (exact) mass is 481 g/mol. The van der Waals surface area contributed by atoms with Crippen molar-refractivity contribution in [2.75, 3.05) is 33.3 Å². The van der Waals surface area contributed by atoms with Crippen LogP contribution in [0.1, 0.15) is 46.0 Å². The van der Waals surface area contributed by atoms with E-state index in [2.05, 4.69) is 0 Å². The fourth-order valence-electron chi connectivity index (χ4n) is 4.00. The lowest BCUT2D eigenvalue weighted by molar-refractivity contribution is -0.151. The van der Waals surface area contributed by atoms with Gasteiger partial charge in [-0.05, 0) is 49.6 Å². The van der Waals surface area contributed by atoms with E-state index in [1.165, 1.54) is 4.90 Å². The molecule has 1 fully saturated rings. The van der Waals surface area contributed by atoms with Crippen LogP contribution >= 0.6 is 0 Å². The molecule has 2 aromatic rings. The molecule has 1 unspecified atom stereocenters. The molecule has 3 rings (SSSR count). The van der Waals surface area contributed by atoms with Crippen LogP contribution in [0.3, 0.4) is 0 Å². The van der Waals surface area contributed by atoms with Crippen molar-refractivity contribution in [1.29, 1.82) is 0 Å². The lowest BCUT2D eigenvalue weighted by Crippen LogP contribution is -2.47. The molecule has 1 aliphatic heterocycles. The van der Waals surface area contributed by atoms with Gasteiger partial charge in [0, 0.05) is 25.7 Å². The van der Waals surface area contributed by atoms with Gasteiger partial charge in [0.25, 0.3) is 11.8 Å². The van der Waals surface area contributed by atoms with Crippen LogP contribution in [0, 0.1) is 5.92 Å². The summed E-state index contributed by atoms with van der Waals surface area (Å²) in [5, 5.41) is 0. The summed E-state index contributed by atoms with van der Waals surface area (Å²) in [5.74, 6) is -1.36. The van der Waals surface area contributed by atoms with E-state index < -0.39 is 5.91 Å². The molecular weight excluding hydrogens is 450 g/mol. The number of hydrogen-bond acceptors (Lipinski definition) is 6. The Kier molecular flexibility index (Phi) is 8.83. The number of rotatable bonds is 9. The van der Waals surface area contributed by atoms with Crippen molar-refractivity contribution < 1.29 is 28.7 Å². The third-order valence-corrected chi connectivity index (χ3v) is 5.83. The maximum Gasteiger partial charge on any atom is 0.310 e. The SMILES string of the molecule is CCOC(=O)C1CCCN(C(=O)CN(C)C(=O)c2cccc(COc3ccccc3C(N)=O)c2)C1. The Morgan fingerprint density at radius 1 is 1.11 bits per heavy atom. The van der Waals surface area contributed by atoms with Crippen LogP contribution in [0.5, 0.6) is 5.75 Å². The summed E-state index contributed by atoms with van der Waals surface area (Å²) in [6.07, 6.45) is 1.41. The van der Waals surface area contributed by atoms with E-state index in [1.54, 1.807) is 67.4 Å². The third kappa shape index (κ3) is 6.81. The first kappa shape index (κ1) is 25.7. The van der Waals surface area contributed by atoms with Gasteiger partial charge < -0.3 is 25.0 Å². The highest BCUT2D eigenvalue weighted by molar-refractivity contribution is 5.97. The summed E-state index contributed by atoms with van der Waals surface area (Å²) in [6.45, 7) is 2.96. The molecule has 9 heteroatoms. The van der Waals surface area contributed by atoms with Crippen LogP contribution in [-0.2, 0) is 20.9 Å². The highest BCUT2D eigenvalue weighted by atomic mass is 16.5. The molecule has 9 nitrogen and oxygen atoms in total. The number of carbonyl (C=O) groups is 4. The number of primary amides is 1. The fraction of sp³-hybridized carbons (Fsp3) is 0.385. The maximum atomic E-state index is 13.0. The van der Waals surface area contributed by atoms with E-state index in [9.17, 15) is 19.2 Å². The summed E-state index contributed by atoms with van der Waals surface area (Å²) < 4.78 is 10.8. The van der Waals surface area contributed by atoms with E-state index in [1.807, 2.05) is 0 Å². The second-order valence-electron chi connectivity index (χ2n) is 8.44. The normalized spacial score (nSPS) is 15.3. The number of likely N-dealkylation sites (tertiary alicyclic amines) is 1. The Balaban J connectivity index is 1.59. The van der Waals surface area contributed by atoms with Gasteiger partial charge in [-0.2, -0.15) is 0 Å². The Bertz CT molecular complexity index is 1090. The van der Waals surface area contributed by atoms with E-state index in [0.29, 0.717) is 43.9 Å². The highest BCUT2D eigenvalue weighted by Gasteiger charge is 2.30. The molecule has 0 spiro atoms. The van der Waals surface area contributed by atoms with Crippen LogP contribution in [-0.4, -0.2) is 66.8 Å². The van der Waals surface area contributed by atoms with Gasteiger partial charge in [0.15, 0.2) is 0 Å². The van der Waals surface area contributed by atoms with Crippen LogP contribution in [0.2, 0.25) is 0 Å². The molecule has 35 heavy (non-hydrogen) atoms. The molecular formula is C26H31N3O6. The topological polar surface area (TPSA) is 119 Å². The van der Waals surface area contributed by atoms with E-state index >= 15 is 0 Å². The average molecular weight is 482 g/mol. The van der Waals surface area contributed by atoms with Crippen molar-refractivity contribution in [3.05, 3.63) is 65.2 Å². The zero-order valence-electron chi connectivity index (χ0n) is 20.1. The van der Waals surface area contributed by atoms with E-state index in [0.717, 1.165) is 5.56 Å². The number of nitrogens with two attached hydrogens (primary N) is 1. The number of esters is 1. The summed E-state index contributed by atoms with van der Waals surface area (Å²) in [4.78, 5) is 52.4. The fourth-order valence-corrected chi connectivity index (χ4v) is 4.00. The van der Waals surface area contributed by atoms with Crippen LogP contribution in [0.4, 0.5) is 0 Å². The van der Waals surface area contributed by atoms with Crippen LogP contribution < -0.4 is 10.5 Å². The highest BCUT2D eigenvalue weighted by Crippen LogP contribution is 2.20. The van der Waals surface area contributed by atoms with Gasteiger partial charge in [-0.1, -0.05) is 24.3 Å². The quantitative estimate of drug-likeness (QED) is 0.549. The van der Waals surface area contributed by atoms with Crippen molar-refractivity contribution in [2.24, 2.45) is 11.7 Å². The predicted octanol–water partition coefficient (Wildman–Crippen LogP) is 2.24. The Morgan fingerprint density at radius 3 is 2.63 bits per heavy atom. The van der Waals surface area contributed by atoms with Crippen LogP contribution in [0.25, 0.3) is 0 Å². The number of piperidine rings is 1. The number of benzene rings is 2. The summed E-state index contributed by atoms with van der Waals surface area (Å²) in [7, 11) is 1.57. The van der Waals surface area contributed by atoms with Gasteiger partial charge >= 0.3 is 5.97 Å². The molecule has 3 amide bonds. The smallest absolute Gasteiger partial charge is 0.310 e. The lowest BCUT2D eigenvalue weighted by atomic mass is 9.98. The molecule has 1 atom stereocenters. The number of nitrogens with zero attached hydrogens (tertiary/aromatic N) is 2. The standard InChI is InChI=1S/C26H31N3O6/c1-3-34-26(33)20-10-7-13-29(15-20)23(30)16-28(2)25(32)19-9-6-8-18(14-19)17-35-22-12-5-4-11-21(22)24(27)31/h4-6,8-9,11-12,14,20H,3,7,10,13,15-17H2,1-2H3,(H2,27,31). The third-order valence-electron chi connectivity index (χ3n) is 5.83. The first-order valence-electron chi connectivity index (χ1n) is 11.6. The molecule has 2 aromatic carbocycles. The van der Waals surface area contributed by atoms with Crippen LogP contribution in [0.15, 0.2) is 48.5 Å². The van der Waals surface area contributed by atoms with Gasteiger partial charge in [0.05, 0.1) is 24.6 Å². The zero-order chi connectivity index (χ0) is 25.4. The summed E-state index contributed by atoms with van der Waals surface area (Å²) in [5.41, 5.74) is 6.80. The second-order valence-corrected chi connectivity index (χ2v) is 8.44. The van der Waals surface area contributed by atoms with Gasteiger partial charge in [-0.15, -0.1) is 0 Å². The molecule has 0 aromatic heterocycles. The zero-order valence-corrected chi connectivity index (χ0v) is 20.1. The van der Waals surface area contributed by atoms with Crippen molar-refractivity contribution >= 4 is 23.7 Å². The maximum absolute atomic E-state index is 13.0. The number of amides is 3. The molecule has 0 aliphatic carbocycles. The molecule has 186 valence electrons. The summed E-state index contributed by atoms with van der Waals surface area (Å²) >= 11 is 0. The Hall–Kier alpha value is -3.88. The predicted molar refractivity (Wildman–Crippen MR) is 129 cm³/mol. The number of likely N-dealkylation sites (N-methyl/N-ethyl adjacent to an activating group) is 1. The number of para-hydroxylation sites is 1. The Labute approximate surface area is 204 Å². The van der Waals surface area contributed by atoms with Crippen molar-refractivity contribution in [3.8, 4) is 5.75 Å². The second kappa shape index (κ2) is 12.0. The van der Waals surface area contributed by atoms with Crippen molar-refractivity contribution in [2.45, 2.75) is 26.4 Å². The Morgan fingerprint density at radius 2 is 1.89 bits per heavy atom.